The van der Waals surface area contributed by atoms with Crippen LogP contribution in [0.2, 0.25) is 0 Å². The molecule has 1 saturated carbocycles. The van der Waals surface area contributed by atoms with Gasteiger partial charge in [0.15, 0.2) is 0 Å². The molecule has 1 aliphatic rings. The van der Waals surface area contributed by atoms with Crippen molar-refractivity contribution in [3.8, 4) is 5.75 Å². The van der Waals surface area contributed by atoms with E-state index in [1.807, 2.05) is 35.7 Å². The van der Waals surface area contributed by atoms with Crippen LogP contribution < -0.4 is 16.0 Å². The zero-order valence-electron chi connectivity index (χ0n) is 13.4. The highest BCUT2D eigenvalue weighted by Crippen LogP contribution is 2.31. The average Bonchev–Trinajstić information content (AvgIpc) is 3.29. The van der Waals surface area contributed by atoms with Crippen LogP contribution in [-0.4, -0.2) is 16.2 Å². The van der Waals surface area contributed by atoms with Gasteiger partial charge in [-0.15, -0.1) is 11.3 Å². The molecule has 0 unspecified atom stereocenters. The molecule has 1 aliphatic carbocycles. The van der Waals surface area contributed by atoms with Crippen LogP contribution in [0, 0.1) is 5.92 Å². The number of ether oxygens (including phenoxy) is 1. The molecule has 1 fully saturated rings. The topological polar surface area (TPSA) is 53.2 Å². The number of methoxy groups -OCH3 is 1. The molecule has 6 heteroatoms. The van der Waals surface area contributed by atoms with Crippen LogP contribution >= 0.6 is 11.3 Å². The maximum Gasteiger partial charge on any atom is 0.331 e. The van der Waals surface area contributed by atoms with Crippen LogP contribution in [0.4, 0.5) is 0 Å². The van der Waals surface area contributed by atoms with E-state index in [0.717, 1.165) is 29.7 Å². The van der Waals surface area contributed by atoms with Crippen molar-refractivity contribution in [1.82, 2.24) is 9.13 Å². The lowest BCUT2D eigenvalue weighted by Crippen LogP contribution is -2.40. The first-order valence-electron chi connectivity index (χ1n) is 8.01. The van der Waals surface area contributed by atoms with Crippen molar-refractivity contribution >= 4 is 21.6 Å². The van der Waals surface area contributed by atoms with Crippen LogP contribution in [0.3, 0.4) is 0 Å². The molecule has 1 aromatic carbocycles. The number of nitrogens with zero attached hydrogens (tertiary/aromatic N) is 2. The summed E-state index contributed by atoms with van der Waals surface area (Å²) in [6.07, 6.45) is 2.32. The highest BCUT2D eigenvalue weighted by molar-refractivity contribution is 7.17. The Morgan fingerprint density at radius 1 is 1.12 bits per heavy atom. The number of fused-ring (bicyclic) bond motifs is 1. The third kappa shape index (κ3) is 2.67. The van der Waals surface area contributed by atoms with Crippen LogP contribution in [0.5, 0.6) is 5.75 Å². The van der Waals surface area contributed by atoms with Crippen molar-refractivity contribution in [1.29, 1.82) is 0 Å². The Morgan fingerprint density at radius 3 is 2.54 bits per heavy atom. The lowest BCUT2D eigenvalue weighted by atomic mass is 10.2. The Balaban J connectivity index is 1.81. The summed E-state index contributed by atoms with van der Waals surface area (Å²) in [5, 5.41) is 1.88. The first-order chi connectivity index (χ1) is 11.7. The fourth-order valence-corrected chi connectivity index (χ4v) is 3.76. The molecule has 0 N–H and O–H groups in total. The molecule has 124 valence electrons. The van der Waals surface area contributed by atoms with Gasteiger partial charge in [0.25, 0.3) is 5.56 Å². The largest absolute Gasteiger partial charge is 0.497 e. The van der Waals surface area contributed by atoms with Crippen LogP contribution in [0.1, 0.15) is 18.4 Å². The smallest absolute Gasteiger partial charge is 0.331 e. The van der Waals surface area contributed by atoms with Crippen molar-refractivity contribution in [3.05, 3.63) is 62.1 Å². The van der Waals surface area contributed by atoms with Crippen LogP contribution in [0.25, 0.3) is 10.2 Å². The van der Waals surface area contributed by atoms with Gasteiger partial charge >= 0.3 is 5.69 Å². The fourth-order valence-electron chi connectivity index (χ4n) is 2.92. The van der Waals surface area contributed by atoms with E-state index in [2.05, 4.69) is 0 Å². The number of thiophene rings is 1. The monoisotopic (exact) mass is 342 g/mol. The van der Waals surface area contributed by atoms with E-state index in [9.17, 15) is 9.59 Å². The summed E-state index contributed by atoms with van der Waals surface area (Å²) in [5.41, 5.74) is 1.26. The highest BCUT2D eigenvalue weighted by atomic mass is 32.1. The van der Waals surface area contributed by atoms with Crippen molar-refractivity contribution in [2.75, 3.05) is 7.11 Å². The van der Waals surface area contributed by atoms with Crippen LogP contribution in [-0.2, 0) is 13.1 Å². The minimum Gasteiger partial charge on any atom is -0.497 e. The van der Waals surface area contributed by atoms with E-state index in [1.165, 1.54) is 15.9 Å². The Bertz CT molecular complexity index is 994. The van der Waals surface area contributed by atoms with Crippen molar-refractivity contribution in [2.24, 2.45) is 5.92 Å². The fraction of sp³-hybridized carbons (Fsp3) is 0.333. The minimum atomic E-state index is -0.214. The van der Waals surface area contributed by atoms with E-state index < -0.39 is 0 Å². The molecule has 0 bridgehead atoms. The molecule has 0 atom stereocenters. The molecule has 24 heavy (non-hydrogen) atoms. The normalized spacial score (nSPS) is 14.2. The Morgan fingerprint density at radius 2 is 1.88 bits per heavy atom. The third-order valence-electron chi connectivity index (χ3n) is 4.47. The first kappa shape index (κ1) is 15.2. The molecule has 0 amide bonds. The summed E-state index contributed by atoms with van der Waals surface area (Å²) in [6.45, 7) is 0.981. The van der Waals surface area contributed by atoms with Gasteiger partial charge in [-0.1, -0.05) is 12.1 Å². The Labute approximate surface area is 142 Å². The SMILES string of the molecule is COc1ccc(Cn2c(=O)c3sccc3n(CC3CC3)c2=O)cc1. The molecule has 3 aromatic rings. The average molecular weight is 342 g/mol. The zero-order chi connectivity index (χ0) is 16.7. The van der Waals surface area contributed by atoms with Gasteiger partial charge < -0.3 is 4.74 Å². The van der Waals surface area contributed by atoms with E-state index in [-0.39, 0.29) is 17.8 Å². The Kier molecular flexibility index (Phi) is 3.76. The number of benzene rings is 1. The maximum atomic E-state index is 12.9. The summed E-state index contributed by atoms with van der Waals surface area (Å²) in [7, 11) is 1.61. The van der Waals surface area contributed by atoms with Gasteiger partial charge in [0.2, 0.25) is 0 Å². The maximum absolute atomic E-state index is 12.9. The quantitative estimate of drug-likeness (QED) is 0.716. The van der Waals surface area contributed by atoms with Gasteiger partial charge in [0.1, 0.15) is 10.4 Å². The molecule has 4 rings (SSSR count). The van der Waals surface area contributed by atoms with Crippen molar-refractivity contribution in [2.45, 2.75) is 25.9 Å². The predicted molar refractivity (Wildman–Crippen MR) is 95.2 cm³/mol. The molecule has 0 radical (unpaired) electrons. The van der Waals surface area contributed by atoms with Gasteiger partial charge in [-0.25, -0.2) is 4.79 Å². The van der Waals surface area contributed by atoms with Gasteiger partial charge in [0, 0.05) is 6.54 Å². The van der Waals surface area contributed by atoms with E-state index in [1.54, 1.807) is 11.7 Å². The minimum absolute atomic E-state index is 0.201. The molecular weight excluding hydrogens is 324 g/mol. The number of rotatable bonds is 5. The van der Waals surface area contributed by atoms with E-state index in [0.29, 0.717) is 17.2 Å². The molecule has 2 heterocycles. The second-order valence-corrected chi connectivity index (χ2v) is 7.13. The molecule has 5 nitrogen and oxygen atoms in total. The molecule has 0 saturated heterocycles. The van der Waals surface area contributed by atoms with Crippen LogP contribution in [0.15, 0.2) is 45.3 Å². The highest BCUT2D eigenvalue weighted by Gasteiger charge is 2.24. The lowest BCUT2D eigenvalue weighted by Gasteiger charge is -2.12. The number of hydrogen-bond acceptors (Lipinski definition) is 4. The van der Waals surface area contributed by atoms with Gasteiger partial charge in [0.05, 0.1) is 19.2 Å². The molecule has 0 aliphatic heterocycles. The van der Waals surface area contributed by atoms with Gasteiger partial charge in [-0.2, -0.15) is 0 Å². The number of aromatic nitrogens is 2. The summed E-state index contributed by atoms with van der Waals surface area (Å²) in [4.78, 5) is 25.6. The molecule has 2 aromatic heterocycles. The van der Waals surface area contributed by atoms with Crippen molar-refractivity contribution < 1.29 is 4.74 Å². The summed E-state index contributed by atoms with van der Waals surface area (Å²) in [5.74, 6) is 1.32. The Hall–Kier alpha value is -2.34. The predicted octanol–water partition coefficient (Wildman–Crippen LogP) is 2.69. The zero-order valence-corrected chi connectivity index (χ0v) is 14.2. The number of hydrogen-bond donors (Lipinski definition) is 0. The summed E-state index contributed by atoms with van der Waals surface area (Å²) >= 11 is 1.40. The second kappa shape index (κ2) is 5.94. The standard InChI is InChI=1S/C18H18N2O3S/c1-23-14-6-4-13(5-7-14)11-20-17(21)16-15(8-9-24-16)19(18(20)22)10-12-2-3-12/h4-9,12H,2-3,10-11H2,1H3. The van der Waals surface area contributed by atoms with Gasteiger partial charge in [-0.3, -0.25) is 13.9 Å². The van der Waals surface area contributed by atoms with Gasteiger partial charge in [-0.05, 0) is 47.9 Å². The second-order valence-electron chi connectivity index (χ2n) is 6.21. The van der Waals surface area contributed by atoms with Crippen molar-refractivity contribution in [3.63, 3.8) is 0 Å². The first-order valence-corrected chi connectivity index (χ1v) is 8.89. The molecular formula is C18H18N2O3S. The molecule has 0 spiro atoms. The lowest BCUT2D eigenvalue weighted by molar-refractivity contribution is 0.414. The van der Waals surface area contributed by atoms with E-state index >= 15 is 0 Å². The summed E-state index contributed by atoms with van der Waals surface area (Å²) < 4.78 is 8.93. The summed E-state index contributed by atoms with van der Waals surface area (Å²) in [6, 6.07) is 9.32. The van der Waals surface area contributed by atoms with E-state index in [4.69, 9.17) is 4.74 Å². The third-order valence-corrected chi connectivity index (χ3v) is 5.37.